The maximum absolute atomic E-state index is 12.7. The van der Waals surface area contributed by atoms with Gasteiger partial charge in [0.15, 0.2) is 5.13 Å². The Morgan fingerprint density at radius 2 is 1.89 bits per heavy atom. The number of hydrogen-bond acceptors (Lipinski definition) is 4. The van der Waals surface area contributed by atoms with Crippen molar-refractivity contribution < 1.29 is 9.59 Å². The third kappa shape index (κ3) is 3.90. The topological polar surface area (TPSA) is 62.3 Å². The zero-order valence-electron chi connectivity index (χ0n) is 14.6. The number of anilines is 1. The number of nitrogens with zero attached hydrogens (tertiary/aromatic N) is 2. The molecule has 0 atom stereocenters. The number of benzene rings is 2. The van der Waals surface area contributed by atoms with Gasteiger partial charge in [-0.3, -0.25) is 14.9 Å². The molecule has 3 aromatic rings. The fourth-order valence-corrected chi connectivity index (χ4v) is 4.42. The van der Waals surface area contributed by atoms with Crippen LogP contribution in [0.25, 0.3) is 0 Å². The number of aromatic nitrogens is 1. The van der Waals surface area contributed by atoms with Crippen molar-refractivity contribution in [1.29, 1.82) is 0 Å². The van der Waals surface area contributed by atoms with Crippen LogP contribution in [0.5, 0.6) is 0 Å². The number of nitrogens with one attached hydrogen (secondary N) is 1. The molecule has 2 heterocycles. The highest BCUT2D eigenvalue weighted by molar-refractivity contribution is 7.15. The van der Waals surface area contributed by atoms with E-state index in [2.05, 4.69) is 10.3 Å². The molecule has 4 rings (SSSR count). The lowest BCUT2D eigenvalue weighted by Gasteiger charge is -2.26. The molecular weight excluding hydrogens is 417 g/mol. The first-order valence-electron chi connectivity index (χ1n) is 8.60. The molecule has 2 aromatic carbocycles. The SMILES string of the molecule is O=C(Nc1nc2c(s1)CN(C(=O)c1ccccc1)CC2)c1cc(Cl)ccc1Cl. The summed E-state index contributed by atoms with van der Waals surface area (Å²) in [4.78, 5) is 32.5. The molecule has 1 N–H and O–H groups in total. The Kier molecular flexibility index (Phi) is 5.35. The van der Waals surface area contributed by atoms with Crippen molar-refractivity contribution >= 4 is 51.5 Å². The van der Waals surface area contributed by atoms with E-state index in [0.29, 0.717) is 45.8 Å². The summed E-state index contributed by atoms with van der Waals surface area (Å²) in [5, 5.41) is 4.02. The van der Waals surface area contributed by atoms with Crippen LogP contribution in [0.1, 0.15) is 31.3 Å². The lowest BCUT2D eigenvalue weighted by molar-refractivity contribution is 0.0736. The van der Waals surface area contributed by atoms with Gasteiger partial charge in [-0.05, 0) is 30.3 Å². The highest BCUT2D eigenvalue weighted by Gasteiger charge is 2.25. The molecule has 0 spiro atoms. The second-order valence-electron chi connectivity index (χ2n) is 6.31. The van der Waals surface area contributed by atoms with Crippen LogP contribution in [0.3, 0.4) is 0 Å². The van der Waals surface area contributed by atoms with E-state index in [9.17, 15) is 9.59 Å². The number of fused-ring (bicyclic) bond motifs is 1. The summed E-state index contributed by atoms with van der Waals surface area (Å²) in [6, 6.07) is 13.9. The molecule has 0 fully saturated rings. The summed E-state index contributed by atoms with van der Waals surface area (Å²) in [6.07, 6.45) is 0.651. The fraction of sp³-hybridized carbons (Fsp3) is 0.150. The van der Waals surface area contributed by atoms with Gasteiger partial charge >= 0.3 is 0 Å². The van der Waals surface area contributed by atoms with E-state index in [1.165, 1.54) is 17.4 Å². The van der Waals surface area contributed by atoms with Crippen LogP contribution >= 0.6 is 34.5 Å². The maximum Gasteiger partial charge on any atom is 0.259 e. The quantitative estimate of drug-likeness (QED) is 0.641. The van der Waals surface area contributed by atoms with E-state index in [-0.39, 0.29) is 11.8 Å². The first kappa shape index (κ1) is 18.9. The zero-order valence-corrected chi connectivity index (χ0v) is 16.9. The third-order valence-corrected chi connectivity index (χ3v) is 6.00. The Balaban J connectivity index is 1.49. The smallest absolute Gasteiger partial charge is 0.259 e. The Bertz CT molecular complexity index is 1050. The van der Waals surface area contributed by atoms with Crippen LogP contribution in [0.15, 0.2) is 48.5 Å². The predicted molar refractivity (Wildman–Crippen MR) is 111 cm³/mol. The molecule has 0 saturated heterocycles. The van der Waals surface area contributed by atoms with Crippen molar-refractivity contribution in [1.82, 2.24) is 9.88 Å². The van der Waals surface area contributed by atoms with E-state index in [1.807, 2.05) is 30.3 Å². The van der Waals surface area contributed by atoms with Crippen molar-refractivity contribution in [2.45, 2.75) is 13.0 Å². The Hall–Kier alpha value is -2.41. The van der Waals surface area contributed by atoms with Gasteiger partial charge in [0.25, 0.3) is 11.8 Å². The second-order valence-corrected chi connectivity index (χ2v) is 8.24. The first-order chi connectivity index (χ1) is 13.5. The molecule has 2 amide bonds. The number of hydrogen-bond donors (Lipinski definition) is 1. The molecule has 0 saturated carbocycles. The second kappa shape index (κ2) is 7.91. The Labute approximate surface area is 175 Å². The summed E-state index contributed by atoms with van der Waals surface area (Å²) in [5.41, 5.74) is 1.87. The van der Waals surface area contributed by atoms with Crippen molar-refractivity contribution in [3.63, 3.8) is 0 Å². The van der Waals surface area contributed by atoms with Gasteiger partial charge in [0.05, 0.1) is 22.8 Å². The molecule has 0 bridgehead atoms. The Morgan fingerprint density at radius 1 is 1.11 bits per heavy atom. The number of amides is 2. The van der Waals surface area contributed by atoms with Gasteiger partial charge in [0.1, 0.15) is 0 Å². The number of carbonyl (C=O) groups is 2. The molecule has 5 nitrogen and oxygen atoms in total. The Morgan fingerprint density at radius 3 is 2.68 bits per heavy atom. The first-order valence-corrected chi connectivity index (χ1v) is 10.2. The van der Waals surface area contributed by atoms with Crippen molar-refractivity contribution in [3.05, 3.63) is 80.3 Å². The van der Waals surface area contributed by atoms with E-state index in [4.69, 9.17) is 23.2 Å². The fourth-order valence-electron chi connectivity index (χ4n) is 3.02. The van der Waals surface area contributed by atoms with Crippen LogP contribution in [0.2, 0.25) is 10.0 Å². The minimum absolute atomic E-state index is 0.00375. The van der Waals surface area contributed by atoms with Gasteiger partial charge in [0.2, 0.25) is 0 Å². The number of rotatable bonds is 3. The van der Waals surface area contributed by atoms with Crippen molar-refractivity contribution in [2.24, 2.45) is 0 Å². The van der Waals surface area contributed by atoms with Gasteiger partial charge in [0, 0.05) is 28.4 Å². The van der Waals surface area contributed by atoms with Gasteiger partial charge in [-0.15, -0.1) is 0 Å². The average molecular weight is 432 g/mol. The summed E-state index contributed by atoms with van der Waals surface area (Å²) in [5.74, 6) is -0.369. The molecule has 1 aliphatic rings. The summed E-state index contributed by atoms with van der Waals surface area (Å²) < 4.78 is 0. The van der Waals surface area contributed by atoms with Crippen molar-refractivity contribution in [2.75, 3.05) is 11.9 Å². The molecule has 8 heteroatoms. The van der Waals surface area contributed by atoms with Crippen LogP contribution in [0.4, 0.5) is 5.13 Å². The van der Waals surface area contributed by atoms with E-state index in [0.717, 1.165) is 10.6 Å². The predicted octanol–water partition coefficient (Wildman–Crippen LogP) is 4.90. The van der Waals surface area contributed by atoms with Crippen LogP contribution in [-0.4, -0.2) is 28.2 Å². The number of carbonyl (C=O) groups excluding carboxylic acids is 2. The molecule has 0 unspecified atom stereocenters. The summed E-state index contributed by atoms with van der Waals surface area (Å²) in [6.45, 7) is 1.08. The number of thiazole rings is 1. The highest BCUT2D eigenvalue weighted by atomic mass is 35.5. The molecule has 1 aliphatic heterocycles. The minimum Gasteiger partial charge on any atom is -0.333 e. The molecule has 0 radical (unpaired) electrons. The maximum atomic E-state index is 12.7. The largest absolute Gasteiger partial charge is 0.333 e. The van der Waals surface area contributed by atoms with Crippen molar-refractivity contribution in [3.8, 4) is 0 Å². The molecule has 1 aromatic heterocycles. The standard InChI is InChI=1S/C20H15Cl2N3O2S/c21-13-6-7-15(22)14(10-13)18(26)24-20-23-16-8-9-25(11-17(16)28-20)19(27)12-4-2-1-3-5-12/h1-7,10H,8-9,11H2,(H,23,24,26). The van der Waals surface area contributed by atoms with Gasteiger partial charge in [-0.1, -0.05) is 52.7 Å². The molecule has 0 aliphatic carbocycles. The minimum atomic E-state index is -0.365. The van der Waals surface area contributed by atoms with E-state index in [1.54, 1.807) is 17.0 Å². The molecule has 28 heavy (non-hydrogen) atoms. The normalized spacial score (nSPS) is 13.1. The monoisotopic (exact) mass is 431 g/mol. The van der Waals surface area contributed by atoms with Crippen LogP contribution in [0, 0.1) is 0 Å². The summed E-state index contributed by atoms with van der Waals surface area (Å²) >= 11 is 13.4. The highest BCUT2D eigenvalue weighted by Crippen LogP contribution is 2.30. The average Bonchev–Trinajstić information content (AvgIpc) is 3.11. The van der Waals surface area contributed by atoms with Gasteiger partial charge < -0.3 is 4.90 Å². The van der Waals surface area contributed by atoms with Crippen LogP contribution in [-0.2, 0) is 13.0 Å². The lowest BCUT2D eigenvalue weighted by Crippen LogP contribution is -2.35. The molecule has 142 valence electrons. The van der Waals surface area contributed by atoms with Gasteiger partial charge in [-0.25, -0.2) is 4.98 Å². The molecular formula is C20H15Cl2N3O2S. The van der Waals surface area contributed by atoms with E-state index >= 15 is 0 Å². The summed E-state index contributed by atoms with van der Waals surface area (Å²) in [7, 11) is 0. The zero-order chi connectivity index (χ0) is 19.7. The van der Waals surface area contributed by atoms with E-state index < -0.39 is 0 Å². The third-order valence-electron chi connectivity index (χ3n) is 4.43. The van der Waals surface area contributed by atoms with Gasteiger partial charge in [-0.2, -0.15) is 0 Å². The van der Waals surface area contributed by atoms with Crippen LogP contribution < -0.4 is 5.32 Å². The lowest BCUT2D eigenvalue weighted by atomic mass is 10.1. The number of halogens is 2.